The van der Waals surface area contributed by atoms with Crippen molar-refractivity contribution < 1.29 is 18.3 Å². The Hall–Kier alpha value is -3.27. The molecule has 0 radical (unpaired) electrons. The molecule has 29 heavy (non-hydrogen) atoms. The lowest BCUT2D eigenvalue weighted by Gasteiger charge is -2.18. The fourth-order valence-electron chi connectivity index (χ4n) is 2.29. The maximum absolute atomic E-state index is 13.0. The third kappa shape index (κ3) is 5.85. The van der Waals surface area contributed by atoms with Gasteiger partial charge in [-0.3, -0.25) is 0 Å². The van der Waals surface area contributed by atoms with E-state index in [-0.39, 0.29) is 30.0 Å². The zero-order valence-corrected chi connectivity index (χ0v) is 15.7. The Bertz CT molecular complexity index is 974. The lowest BCUT2D eigenvalue weighted by atomic mass is 10.1. The van der Waals surface area contributed by atoms with Crippen LogP contribution in [0.2, 0.25) is 0 Å². The highest BCUT2D eigenvalue weighted by Crippen LogP contribution is 2.29. The molecule has 0 unspecified atom stereocenters. The molecule has 2 heterocycles. The maximum atomic E-state index is 13.0. The third-order valence-corrected chi connectivity index (χ3v) is 3.61. The Morgan fingerprint density at radius 1 is 0.862 bits per heavy atom. The van der Waals surface area contributed by atoms with E-state index in [9.17, 15) is 18.3 Å². The highest BCUT2D eigenvalue weighted by molar-refractivity contribution is 5.58. The minimum absolute atomic E-state index is 0.0391. The molecule has 1 aromatic carbocycles. The Morgan fingerprint density at radius 2 is 1.55 bits per heavy atom. The largest absolute Gasteiger partial charge is 0.433 e. The molecule has 0 fully saturated rings. The zero-order chi connectivity index (χ0) is 21.1. The first-order chi connectivity index (χ1) is 13.6. The van der Waals surface area contributed by atoms with E-state index in [4.69, 9.17) is 0 Å². The smallest absolute Gasteiger partial charge is 0.389 e. The van der Waals surface area contributed by atoms with Crippen molar-refractivity contribution in [2.24, 2.45) is 0 Å². The highest BCUT2D eigenvalue weighted by atomic mass is 19.4. The van der Waals surface area contributed by atoms with Gasteiger partial charge >= 0.3 is 6.18 Å². The average molecular weight is 404 g/mol. The second-order valence-electron chi connectivity index (χ2n) is 6.87. The first kappa shape index (κ1) is 20.5. The number of pyridine rings is 1. The van der Waals surface area contributed by atoms with Gasteiger partial charge in [0.1, 0.15) is 11.4 Å². The molecular formula is C19H19F3N6O. The summed E-state index contributed by atoms with van der Waals surface area (Å²) >= 11 is 0. The Morgan fingerprint density at radius 3 is 2.21 bits per heavy atom. The van der Waals surface area contributed by atoms with Gasteiger partial charge in [0.2, 0.25) is 11.9 Å². The first-order valence-electron chi connectivity index (χ1n) is 8.69. The monoisotopic (exact) mass is 404 g/mol. The summed E-state index contributed by atoms with van der Waals surface area (Å²) in [6.07, 6.45) is -4.59. The highest BCUT2D eigenvalue weighted by Gasteiger charge is 2.32. The van der Waals surface area contributed by atoms with Gasteiger partial charge in [0.25, 0.3) is 0 Å². The summed E-state index contributed by atoms with van der Waals surface area (Å²) in [6, 6.07) is 12.5. The van der Waals surface area contributed by atoms with Crippen molar-refractivity contribution >= 4 is 17.6 Å². The molecular weight excluding hydrogens is 385 g/mol. The van der Waals surface area contributed by atoms with Gasteiger partial charge in [0.15, 0.2) is 5.82 Å². The zero-order valence-electron chi connectivity index (χ0n) is 15.7. The molecule has 3 aromatic rings. The molecule has 3 N–H and O–H groups in total. The Balaban J connectivity index is 2.00. The lowest BCUT2D eigenvalue weighted by molar-refractivity contribution is -0.141. The van der Waals surface area contributed by atoms with Gasteiger partial charge in [0, 0.05) is 12.2 Å². The van der Waals surface area contributed by atoms with Crippen LogP contribution in [-0.4, -0.2) is 37.2 Å². The molecule has 2 aromatic heterocycles. The van der Waals surface area contributed by atoms with Crippen LogP contribution in [0.3, 0.4) is 0 Å². The van der Waals surface area contributed by atoms with E-state index in [1.807, 2.05) is 18.2 Å². The number of anilines is 3. The van der Waals surface area contributed by atoms with E-state index in [0.717, 1.165) is 6.07 Å². The van der Waals surface area contributed by atoms with E-state index in [0.29, 0.717) is 5.69 Å². The Labute approximate surface area is 165 Å². The lowest BCUT2D eigenvalue weighted by Crippen LogP contribution is -2.30. The summed E-state index contributed by atoms with van der Waals surface area (Å²) in [5.41, 5.74) is -1.45. The molecule has 0 atom stereocenters. The van der Waals surface area contributed by atoms with Crippen LogP contribution in [0.5, 0.6) is 0 Å². The fraction of sp³-hybridized carbons (Fsp3) is 0.263. The number of rotatable bonds is 6. The third-order valence-electron chi connectivity index (χ3n) is 3.61. The standard InChI is InChI=1S/C19H19F3N6O/c1-18(2,29)11-23-16-26-15(13-9-6-10-14(25-13)19(20,21)22)27-17(28-16)24-12-7-4-3-5-8-12/h3-10,29H,11H2,1-2H3,(H2,23,24,26,27,28). The molecule has 0 saturated carbocycles. The van der Waals surface area contributed by atoms with Crippen LogP contribution in [0.4, 0.5) is 30.8 Å². The van der Waals surface area contributed by atoms with Crippen LogP contribution in [0.25, 0.3) is 11.5 Å². The SMILES string of the molecule is CC(C)(O)CNc1nc(Nc2ccccc2)nc(-c2cccc(C(F)(F)F)n2)n1. The second-order valence-corrected chi connectivity index (χ2v) is 6.87. The van der Waals surface area contributed by atoms with Gasteiger partial charge < -0.3 is 15.7 Å². The number of nitrogens with zero attached hydrogens (tertiary/aromatic N) is 4. The van der Waals surface area contributed by atoms with Crippen molar-refractivity contribution in [1.29, 1.82) is 0 Å². The number of aromatic nitrogens is 4. The van der Waals surface area contributed by atoms with Crippen molar-refractivity contribution in [2.45, 2.75) is 25.6 Å². The van der Waals surface area contributed by atoms with Gasteiger partial charge in [-0.15, -0.1) is 0 Å². The van der Waals surface area contributed by atoms with E-state index in [2.05, 4.69) is 30.6 Å². The minimum atomic E-state index is -4.59. The van der Waals surface area contributed by atoms with Crippen LogP contribution in [0.15, 0.2) is 48.5 Å². The number of hydrogen-bond acceptors (Lipinski definition) is 7. The number of aliphatic hydroxyl groups is 1. The summed E-state index contributed by atoms with van der Waals surface area (Å²) in [6.45, 7) is 3.32. The number of hydrogen-bond donors (Lipinski definition) is 3. The quantitative estimate of drug-likeness (QED) is 0.574. The molecule has 0 aliphatic carbocycles. The summed E-state index contributed by atoms with van der Waals surface area (Å²) < 4.78 is 39.0. The first-order valence-corrected chi connectivity index (χ1v) is 8.69. The van der Waals surface area contributed by atoms with Crippen LogP contribution < -0.4 is 10.6 Å². The maximum Gasteiger partial charge on any atom is 0.433 e. The fourth-order valence-corrected chi connectivity index (χ4v) is 2.29. The molecule has 0 saturated heterocycles. The minimum Gasteiger partial charge on any atom is -0.389 e. The van der Waals surface area contributed by atoms with Crippen LogP contribution >= 0.6 is 0 Å². The van der Waals surface area contributed by atoms with Gasteiger partial charge in [-0.2, -0.15) is 28.1 Å². The summed E-state index contributed by atoms with van der Waals surface area (Å²) in [7, 11) is 0. The van der Waals surface area contributed by atoms with E-state index in [1.165, 1.54) is 12.1 Å². The molecule has 0 spiro atoms. The molecule has 0 amide bonds. The van der Waals surface area contributed by atoms with E-state index in [1.54, 1.807) is 26.0 Å². The van der Waals surface area contributed by atoms with Gasteiger partial charge in [-0.25, -0.2) is 4.98 Å². The van der Waals surface area contributed by atoms with Crippen LogP contribution in [0, 0.1) is 0 Å². The molecule has 0 aliphatic heterocycles. The normalized spacial score (nSPS) is 11.9. The van der Waals surface area contributed by atoms with E-state index < -0.39 is 17.5 Å². The Kier molecular flexibility index (Phi) is 5.64. The summed E-state index contributed by atoms with van der Waals surface area (Å²) in [5.74, 6) is 0.177. The number of benzene rings is 1. The molecule has 0 aliphatic rings. The number of alkyl halides is 3. The number of halogens is 3. The summed E-state index contributed by atoms with van der Waals surface area (Å²) in [5, 5.41) is 15.8. The topological polar surface area (TPSA) is 95.8 Å². The summed E-state index contributed by atoms with van der Waals surface area (Å²) in [4.78, 5) is 16.2. The van der Waals surface area contributed by atoms with Crippen molar-refractivity contribution in [1.82, 2.24) is 19.9 Å². The molecule has 0 bridgehead atoms. The van der Waals surface area contributed by atoms with Crippen LogP contribution in [-0.2, 0) is 6.18 Å². The molecule has 10 heteroatoms. The van der Waals surface area contributed by atoms with Crippen molar-refractivity contribution in [3.63, 3.8) is 0 Å². The van der Waals surface area contributed by atoms with Gasteiger partial charge in [-0.1, -0.05) is 24.3 Å². The van der Waals surface area contributed by atoms with Crippen LogP contribution in [0.1, 0.15) is 19.5 Å². The molecule has 7 nitrogen and oxygen atoms in total. The van der Waals surface area contributed by atoms with Crippen molar-refractivity contribution in [3.8, 4) is 11.5 Å². The predicted molar refractivity (Wildman–Crippen MR) is 103 cm³/mol. The molecule has 152 valence electrons. The van der Waals surface area contributed by atoms with Gasteiger partial charge in [0.05, 0.1) is 5.60 Å². The number of nitrogens with one attached hydrogen (secondary N) is 2. The number of para-hydroxylation sites is 1. The van der Waals surface area contributed by atoms with Crippen molar-refractivity contribution in [3.05, 3.63) is 54.2 Å². The van der Waals surface area contributed by atoms with Gasteiger partial charge in [-0.05, 0) is 38.1 Å². The molecule has 3 rings (SSSR count). The predicted octanol–water partition coefficient (Wildman–Crippen LogP) is 3.88. The van der Waals surface area contributed by atoms with Crippen molar-refractivity contribution in [2.75, 3.05) is 17.2 Å². The van der Waals surface area contributed by atoms with E-state index >= 15 is 0 Å². The second kappa shape index (κ2) is 8.00. The average Bonchev–Trinajstić information content (AvgIpc) is 2.66.